The van der Waals surface area contributed by atoms with Gasteiger partial charge in [-0.25, -0.2) is 0 Å². The maximum atomic E-state index is 11.6. The number of rotatable bonds is 8. The van der Waals surface area contributed by atoms with Gasteiger partial charge >= 0.3 is 6.01 Å². The topological polar surface area (TPSA) is 101 Å². The van der Waals surface area contributed by atoms with Crippen LogP contribution >= 0.6 is 0 Å². The second-order valence-electron chi connectivity index (χ2n) is 5.16. The van der Waals surface area contributed by atoms with Crippen LogP contribution in [-0.4, -0.2) is 46.1 Å². The zero-order valence-electron chi connectivity index (χ0n) is 12.6. The number of anilines is 2. The molecule has 0 bridgehead atoms. The van der Waals surface area contributed by atoms with Crippen molar-refractivity contribution < 1.29 is 9.53 Å². The van der Waals surface area contributed by atoms with E-state index in [2.05, 4.69) is 30.9 Å². The average molecular weight is 294 g/mol. The van der Waals surface area contributed by atoms with Gasteiger partial charge in [-0.05, 0) is 33.6 Å². The van der Waals surface area contributed by atoms with Gasteiger partial charge in [0.05, 0.1) is 12.6 Å². The zero-order chi connectivity index (χ0) is 15.2. The van der Waals surface area contributed by atoms with Gasteiger partial charge < -0.3 is 20.7 Å². The third kappa shape index (κ3) is 5.41. The normalized spacial score (nSPS) is 13.9. The Bertz CT molecular complexity index is 490. The Morgan fingerprint density at radius 1 is 1.24 bits per heavy atom. The predicted octanol–water partition coefficient (Wildman–Crippen LogP) is 0.781. The van der Waals surface area contributed by atoms with Crippen LogP contribution < -0.4 is 20.7 Å². The lowest BCUT2D eigenvalue weighted by atomic mass is 10.5. The van der Waals surface area contributed by atoms with E-state index in [9.17, 15) is 4.79 Å². The number of aromatic nitrogens is 3. The van der Waals surface area contributed by atoms with Crippen LogP contribution in [0.15, 0.2) is 0 Å². The molecule has 1 amide bonds. The third-order valence-electron chi connectivity index (χ3n) is 2.64. The second kappa shape index (κ2) is 7.05. The molecule has 0 saturated heterocycles. The summed E-state index contributed by atoms with van der Waals surface area (Å²) in [5.41, 5.74) is 0. The summed E-state index contributed by atoms with van der Waals surface area (Å²) in [6.45, 7) is 6.56. The fourth-order valence-electron chi connectivity index (χ4n) is 1.60. The standard InChI is InChI=1S/C13H22N6O2/c1-4-14-11-17-12(19-13(18-11)21-8(2)3)15-7-10(20)16-9-5-6-9/h8-9H,4-7H2,1-3H3,(H,16,20)(H2,14,15,17,18,19). The summed E-state index contributed by atoms with van der Waals surface area (Å²) in [5, 5.41) is 8.80. The summed E-state index contributed by atoms with van der Waals surface area (Å²) >= 11 is 0. The summed E-state index contributed by atoms with van der Waals surface area (Å²) in [6, 6.07) is 0.580. The minimum atomic E-state index is -0.0609. The molecule has 1 aromatic rings. The van der Waals surface area contributed by atoms with Crippen molar-refractivity contribution in [2.45, 2.75) is 45.8 Å². The Kier molecular flexibility index (Phi) is 5.13. The van der Waals surface area contributed by atoms with E-state index in [1.165, 1.54) is 0 Å². The molecule has 1 aliphatic rings. The van der Waals surface area contributed by atoms with Crippen LogP contribution in [-0.2, 0) is 4.79 Å². The molecule has 8 nitrogen and oxygen atoms in total. The Balaban J connectivity index is 1.98. The zero-order valence-corrected chi connectivity index (χ0v) is 12.6. The second-order valence-corrected chi connectivity index (χ2v) is 5.16. The molecule has 0 atom stereocenters. The van der Waals surface area contributed by atoms with Crippen molar-refractivity contribution in [2.24, 2.45) is 0 Å². The summed E-state index contributed by atoms with van der Waals surface area (Å²) in [4.78, 5) is 24.1. The largest absolute Gasteiger partial charge is 0.461 e. The van der Waals surface area contributed by atoms with Gasteiger partial charge in [0, 0.05) is 12.6 Å². The van der Waals surface area contributed by atoms with Gasteiger partial charge in [0.15, 0.2) is 0 Å². The quantitative estimate of drug-likeness (QED) is 0.651. The van der Waals surface area contributed by atoms with Crippen LogP contribution in [0.25, 0.3) is 0 Å². The maximum absolute atomic E-state index is 11.6. The summed E-state index contributed by atoms with van der Waals surface area (Å²) in [7, 11) is 0. The number of nitrogens with zero attached hydrogens (tertiary/aromatic N) is 3. The van der Waals surface area contributed by atoms with Crippen LogP contribution in [0.2, 0.25) is 0 Å². The van der Waals surface area contributed by atoms with Crippen molar-refractivity contribution in [1.29, 1.82) is 0 Å². The van der Waals surface area contributed by atoms with Gasteiger partial charge in [-0.15, -0.1) is 0 Å². The number of ether oxygens (including phenoxy) is 1. The fraction of sp³-hybridized carbons (Fsp3) is 0.692. The van der Waals surface area contributed by atoms with Crippen molar-refractivity contribution in [3.05, 3.63) is 0 Å². The number of hydrogen-bond acceptors (Lipinski definition) is 7. The van der Waals surface area contributed by atoms with E-state index < -0.39 is 0 Å². The number of carbonyl (C=O) groups excluding carboxylic acids is 1. The molecule has 116 valence electrons. The molecule has 0 radical (unpaired) electrons. The summed E-state index contributed by atoms with van der Waals surface area (Å²) in [6.07, 6.45) is 2.09. The lowest BCUT2D eigenvalue weighted by Gasteiger charge is -2.11. The number of amides is 1. The molecular formula is C13H22N6O2. The minimum absolute atomic E-state index is 0.0344. The molecule has 1 aliphatic carbocycles. The number of carbonyl (C=O) groups is 1. The van der Waals surface area contributed by atoms with Crippen LogP contribution in [0.4, 0.5) is 11.9 Å². The summed E-state index contributed by atoms with van der Waals surface area (Å²) in [5.74, 6) is 0.685. The highest BCUT2D eigenvalue weighted by Crippen LogP contribution is 2.18. The lowest BCUT2D eigenvalue weighted by Crippen LogP contribution is -2.31. The Hall–Kier alpha value is -2.12. The Labute approximate surface area is 124 Å². The number of nitrogens with one attached hydrogen (secondary N) is 3. The van der Waals surface area contributed by atoms with Gasteiger partial charge in [-0.3, -0.25) is 4.79 Å². The van der Waals surface area contributed by atoms with E-state index >= 15 is 0 Å². The molecule has 1 fully saturated rings. The molecule has 1 heterocycles. The molecule has 0 unspecified atom stereocenters. The first-order valence-electron chi connectivity index (χ1n) is 7.26. The third-order valence-corrected chi connectivity index (χ3v) is 2.64. The van der Waals surface area contributed by atoms with Gasteiger partial charge in [0.2, 0.25) is 17.8 Å². The highest BCUT2D eigenvalue weighted by molar-refractivity contribution is 5.80. The van der Waals surface area contributed by atoms with E-state index in [4.69, 9.17) is 4.74 Å². The van der Waals surface area contributed by atoms with E-state index in [-0.39, 0.29) is 24.6 Å². The fourth-order valence-corrected chi connectivity index (χ4v) is 1.60. The monoisotopic (exact) mass is 294 g/mol. The molecule has 0 spiro atoms. The molecule has 0 aliphatic heterocycles. The molecule has 3 N–H and O–H groups in total. The van der Waals surface area contributed by atoms with Crippen molar-refractivity contribution in [1.82, 2.24) is 20.3 Å². The lowest BCUT2D eigenvalue weighted by molar-refractivity contribution is -0.119. The summed E-state index contributed by atoms with van der Waals surface area (Å²) < 4.78 is 5.48. The first kappa shape index (κ1) is 15.3. The van der Waals surface area contributed by atoms with Gasteiger partial charge in [-0.2, -0.15) is 15.0 Å². The predicted molar refractivity (Wildman–Crippen MR) is 79.4 cm³/mol. The molecule has 21 heavy (non-hydrogen) atoms. The molecule has 0 aromatic carbocycles. The molecule has 1 saturated carbocycles. The van der Waals surface area contributed by atoms with Gasteiger partial charge in [0.1, 0.15) is 0 Å². The SMILES string of the molecule is CCNc1nc(NCC(=O)NC2CC2)nc(OC(C)C)n1. The van der Waals surface area contributed by atoms with Crippen molar-refractivity contribution in [3.63, 3.8) is 0 Å². The van der Waals surface area contributed by atoms with Crippen molar-refractivity contribution in [3.8, 4) is 6.01 Å². The first-order valence-corrected chi connectivity index (χ1v) is 7.26. The molecular weight excluding hydrogens is 272 g/mol. The van der Waals surface area contributed by atoms with Gasteiger partial charge in [-0.1, -0.05) is 0 Å². The van der Waals surface area contributed by atoms with E-state index in [0.29, 0.717) is 24.5 Å². The van der Waals surface area contributed by atoms with Crippen molar-refractivity contribution >= 4 is 17.8 Å². The van der Waals surface area contributed by atoms with E-state index in [1.54, 1.807) is 0 Å². The van der Waals surface area contributed by atoms with Crippen LogP contribution in [0.3, 0.4) is 0 Å². The highest BCUT2D eigenvalue weighted by atomic mass is 16.5. The highest BCUT2D eigenvalue weighted by Gasteiger charge is 2.23. The maximum Gasteiger partial charge on any atom is 0.323 e. The smallest absolute Gasteiger partial charge is 0.323 e. The number of hydrogen-bond donors (Lipinski definition) is 3. The van der Waals surface area contributed by atoms with E-state index in [0.717, 1.165) is 12.8 Å². The molecule has 2 rings (SSSR count). The van der Waals surface area contributed by atoms with Gasteiger partial charge in [0.25, 0.3) is 0 Å². The molecule has 8 heteroatoms. The van der Waals surface area contributed by atoms with Crippen LogP contribution in [0, 0.1) is 0 Å². The molecule has 1 aromatic heterocycles. The van der Waals surface area contributed by atoms with Crippen LogP contribution in [0.5, 0.6) is 6.01 Å². The average Bonchev–Trinajstić information content (AvgIpc) is 3.20. The van der Waals surface area contributed by atoms with Crippen LogP contribution in [0.1, 0.15) is 33.6 Å². The van der Waals surface area contributed by atoms with Crippen molar-refractivity contribution in [2.75, 3.05) is 23.7 Å². The Morgan fingerprint density at radius 2 is 1.90 bits per heavy atom. The van der Waals surface area contributed by atoms with E-state index in [1.807, 2.05) is 20.8 Å². The Morgan fingerprint density at radius 3 is 2.48 bits per heavy atom. The first-order chi connectivity index (χ1) is 10.1. The minimum Gasteiger partial charge on any atom is -0.461 e.